The number of carbonyl (C=O) groups is 1. The maximum Gasteiger partial charge on any atom is 0.218 e. The average molecular weight is 192 g/mol. The summed E-state index contributed by atoms with van der Waals surface area (Å²) in [5, 5.41) is 0. The molecule has 6 atom stereocenters. The number of rotatable bonds is 0. The van der Waals surface area contributed by atoms with E-state index in [0.717, 1.165) is 6.42 Å². The van der Waals surface area contributed by atoms with Gasteiger partial charge in [-0.15, -0.1) is 0 Å². The molecule has 2 saturated heterocycles. The monoisotopic (exact) mass is 192 g/mol. The number of allylic oxidation sites excluding steroid dienone is 2. The van der Waals surface area contributed by atoms with Crippen LogP contribution in [0.3, 0.4) is 0 Å². The summed E-state index contributed by atoms with van der Waals surface area (Å²) < 4.78 is 10.9. The first-order valence-corrected chi connectivity index (χ1v) is 5.34. The Morgan fingerprint density at radius 3 is 3.07 bits per heavy atom. The predicted octanol–water partition coefficient (Wildman–Crippen LogP) is 0.749. The maximum atomic E-state index is 12.0. The third-order valence-corrected chi connectivity index (χ3v) is 4.22. The maximum absolute atomic E-state index is 12.0. The minimum absolute atomic E-state index is 0.183. The van der Waals surface area contributed by atoms with Gasteiger partial charge < -0.3 is 9.47 Å². The zero-order valence-electron chi connectivity index (χ0n) is 7.76. The van der Waals surface area contributed by atoms with Gasteiger partial charge in [0, 0.05) is 11.8 Å². The van der Waals surface area contributed by atoms with Crippen LogP contribution in [-0.2, 0) is 14.3 Å². The highest BCUT2D eigenvalue weighted by atomic mass is 16.7. The van der Waals surface area contributed by atoms with Gasteiger partial charge in [-0.2, -0.15) is 0 Å². The van der Waals surface area contributed by atoms with Crippen LogP contribution in [0.2, 0.25) is 0 Å². The zero-order valence-corrected chi connectivity index (χ0v) is 7.76. The minimum atomic E-state index is -0.533. The topological polar surface area (TPSA) is 35.5 Å². The molecule has 2 aliphatic heterocycles. The minimum Gasteiger partial charge on any atom is -0.343 e. The lowest BCUT2D eigenvalue weighted by Gasteiger charge is -2.34. The molecule has 4 aliphatic rings. The Bertz CT molecular complexity index is 335. The van der Waals surface area contributed by atoms with Crippen LogP contribution in [0.5, 0.6) is 0 Å². The normalized spacial score (nSPS) is 58.1. The molecule has 0 N–H and O–H groups in total. The lowest BCUT2D eigenvalue weighted by molar-refractivity contribution is -0.166. The Kier molecular flexibility index (Phi) is 1.24. The molecule has 0 aromatic heterocycles. The van der Waals surface area contributed by atoms with Crippen molar-refractivity contribution in [2.24, 2.45) is 23.7 Å². The van der Waals surface area contributed by atoms with Crippen molar-refractivity contribution in [1.82, 2.24) is 0 Å². The summed E-state index contributed by atoms with van der Waals surface area (Å²) in [6.45, 7) is 0.620. The van der Waals surface area contributed by atoms with Crippen molar-refractivity contribution < 1.29 is 14.3 Å². The van der Waals surface area contributed by atoms with E-state index in [2.05, 4.69) is 12.2 Å². The average Bonchev–Trinajstić information content (AvgIpc) is 2.89. The van der Waals surface area contributed by atoms with Gasteiger partial charge in [-0.3, -0.25) is 4.79 Å². The number of hydrogen-bond acceptors (Lipinski definition) is 3. The van der Waals surface area contributed by atoms with Crippen LogP contribution in [0.15, 0.2) is 12.2 Å². The lowest BCUT2D eigenvalue weighted by Crippen LogP contribution is -2.45. The van der Waals surface area contributed by atoms with Gasteiger partial charge in [0.25, 0.3) is 0 Å². The molecule has 4 rings (SSSR count). The molecule has 0 spiro atoms. The Labute approximate surface area is 82.1 Å². The van der Waals surface area contributed by atoms with Gasteiger partial charge >= 0.3 is 0 Å². The molecule has 4 bridgehead atoms. The largest absolute Gasteiger partial charge is 0.343 e. The number of fused-ring (bicyclic) bond motifs is 8. The fraction of sp³-hybridized carbons (Fsp3) is 0.727. The van der Waals surface area contributed by atoms with Crippen LogP contribution in [0.4, 0.5) is 0 Å². The molecule has 3 nitrogen and oxygen atoms in total. The summed E-state index contributed by atoms with van der Waals surface area (Å²) >= 11 is 0. The van der Waals surface area contributed by atoms with Crippen LogP contribution in [-0.4, -0.2) is 24.8 Å². The van der Waals surface area contributed by atoms with Crippen molar-refractivity contribution in [2.75, 3.05) is 6.61 Å². The summed E-state index contributed by atoms with van der Waals surface area (Å²) in [5.74, 6) is 1.86. The van der Waals surface area contributed by atoms with E-state index in [1.165, 1.54) is 0 Å². The molecule has 0 aromatic carbocycles. The second-order valence-corrected chi connectivity index (χ2v) is 4.79. The summed E-state index contributed by atoms with van der Waals surface area (Å²) in [4.78, 5) is 12.0. The van der Waals surface area contributed by atoms with E-state index in [-0.39, 0.29) is 17.8 Å². The molecular weight excluding hydrogens is 180 g/mol. The van der Waals surface area contributed by atoms with E-state index < -0.39 is 6.29 Å². The van der Waals surface area contributed by atoms with Crippen LogP contribution >= 0.6 is 0 Å². The van der Waals surface area contributed by atoms with E-state index in [0.29, 0.717) is 24.4 Å². The predicted molar refractivity (Wildman–Crippen MR) is 47.3 cm³/mol. The van der Waals surface area contributed by atoms with Crippen LogP contribution in [0, 0.1) is 23.7 Å². The molecule has 2 heterocycles. The highest BCUT2D eigenvalue weighted by Gasteiger charge is 2.59. The summed E-state index contributed by atoms with van der Waals surface area (Å²) in [7, 11) is 0. The molecular formula is C11H12O3. The molecule has 0 aromatic rings. The Morgan fingerprint density at radius 2 is 2.14 bits per heavy atom. The highest BCUT2D eigenvalue weighted by Crippen LogP contribution is 2.54. The van der Waals surface area contributed by atoms with Crippen LogP contribution < -0.4 is 0 Å². The van der Waals surface area contributed by atoms with Gasteiger partial charge in [-0.05, 0) is 18.3 Å². The fourth-order valence-corrected chi connectivity index (χ4v) is 3.70. The Morgan fingerprint density at radius 1 is 1.29 bits per heavy atom. The van der Waals surface area contributed by atoms with Crippen molar-refractivity contribution in [3.05, 3.63) is 12.2 Å². The van der Waals surface area contributed by atoms with Crippen molar-refractivity contribution in [2.45, 2.75) is 18.8 Å². The van der Waals surface area contributed by atoms with Gasteiger partial charge in [-0.1, -0.05) is 12.2 Å². The Hall–Kier alpha value is -0.670. The van der Waals surface area contributed by atoms with Crippen LogP contribution in [0.1, 0.15) is 6.42 Å². The smallest absolute Gasteiger partial charge is 0.218 e. The third kappa shape index (κ3) is 0.708. The van der Waals surface area contributed by atoms with E-state index in [1.54, 1.807) is 0 Å². The highest BCUT2D eigenvalue weighted by molar-refractivity contribution is 5.87. The third-order valence-electron chi connectivity index (χ3n) is 4.22. The number of hydrogen-bond donors (Lipinski definition) is 0. The zero-order chi connectivity index (χ0) is 9.28. The van der Waals surface area contributed by atoms with Crippen molar-refractivity contribution in [3.63, 3.8) is 0 Å². The van der Waals surface area contributed by atoms with Crippen molar-refractivity contribution in [1.29, 1.82) is 0 Å². The molecule has 3 heteroatoms. The first kappa shape index (κ1) is 7.60. The van der Waals surface area contributed by atoms with Gasteiger partial charge in [-0.25, -0.2) is 0 Å². The molecule has 2 aliphatic carbocycles. The first-order valence-electron chi connectivity index (χ1n) is 5.34. The van der Waals surface area contributed by atoms with Crippen LogP contribution in [0.25, 0.3) is 0 Å². The van der Waals surface area contributed by atoms with Gasteiger partial charge in [0.05, 0.1) is 12.7 Å². The number of ether oxygens (including phenoxy) is 2. The SMILES string of the molecule is O=C1C2OCC(O2)C2C1[C@H]1C=C[C@@H]2C1. The van der Waals surface area contributed by atoms with Gasteiger partial charge in [0.2, 0.25) is 6.29 Å². The number of ketones is 1. The summed E-state index contributed by atoms with van der Waals surface area (Å²) in [5.41, 5.74) is 0. The molecule has 74 valence electrons. The molecule has 4 unspecified atom stereocenters. The standard InChI is InChI=1S/C11H12O3/c12-10-9-6-2-1-5(3-6)8(9)7-4-13-11(10)14-7/h1-2,5-9,11H,3-4H2/t5-,6+,7?,8?,9?,11?/m1/s1. The second kappa shape index (κ2) is 2.28. The molecule has 1 saturated carbocycles. The summed E-state index contributed by atoms with van der Waals surface area (Å²) in [6.07, 6.45) is 5.29. The van der Waals surface area contributed by atoms with E-state index in [1.807, 2.05) is 0 Å². The second-order valence-electron chi connectivity index (χ2n) is 4.79. The molecule has 3 fully saturated rings. The Balaban J connectivity index is 1.81. The van der Waals surface area contributed by atoms with Gasteiger partial charge in [0.15, 0.2) is 5.78 Å². The van der Waals surface area contributed by atoms with E-state index in [9.17, 15) is 4.79 Å². The van der Waals surface area contributed by atoms with Crippen molar-refractivity contribution >= 4 is 5.78 Å². The quantitative estimate of drug-likeness (QED) is 0.531. The van der Waals surface area contributed by atoms with E-state index in [4.69, 9.17) is 9.47 Å². The molecule has 0 radical (unpaired) electrons. The molecule has 14 heavy (non-hydrogen) atoms. The van der Waals surface area contributed by atoms with Crippen molar-refractivity contribution in [3.8, 4) is 0 Å². The lowest BCUT2D eigenvalue weighted by atomic mass is 9.76. The first-order chi connectivity index (χ1) is 6.84. The molecule has 0 amide bonds. The summed E-state index contributed by atoms with van der Waals surface area (Å²) in [6, 6.07) is 0. The number of Topliss-reactive ketones (excluding diaryl/α,β-unsaturated/α-hetero) is 1. The van der Waals surface area contributed by atoms with E-state index >= 15 is 0 Å². The van der Waals surface area contributed by atoms with Gasteiger partial charge in [0.1, 0.15) is 0 Å². The number of carbonyl (C=O) groups excluding carboxylic acids is 1. The fourth-order valence-electron chi connectivity index (χ4n) is 3.70.